The van der Waals surface area contributed by atoms with Gasteiger partial charge in [-0.25, -0.2) is 0 Å². The molecule has 0 aliphatic heterocycles. The molecule has 0 atom stereocenters. The molecule has 0 aliphatic rings. The molecule has 100 valence electrons. The van der Waals surface area contributed by atoms with Crippen molar-refractivity contribution in [1.82, 2.24) is 14.8 Å². The summed E-state index contributed by atoms with van der Waals surface area (Å²) in [6, 6.07) is 15.0. The molecule has 1 heterocycles. The van der Waals surface area contributed by atoms with Gasteiger partial charge in [-0.15, -0.1) is 0 Å². The molecule has 0 bridgehead atoms. The maximum absolute atomic E-state index is 6.25. The van der Waals surface area contributed by atoms with E-state index in [1.54, 1.807) is 18.2 Å². The molecule has 3 nitrogen and oxygen atoms in total. The van der Waals surface area contributed by atoms with Gasteiger partial charge >= 0.3 is 0 Å². The number of nitrogens with zero attached hydrogens (tertiary/aromatic N) is 2. The number of rotatable bonds is 2. The SMILES string of the molecule is S=c1[nH]nc(-c2c(Cl)cccc2Cl)n1-c1ccccc1. The smallest absolute Gasteiger partial charge is 0.200 e. The highest BCUT2D eigenvalue weighted by atomic mass is 35.5. The third kappa shape index (κ3) is 2.26. The van der Waals surface area contributed by atoms with Gasteiger partial charge in [-0.1, -0.05) is 47.5 Å². The first-order valence-corrected chi connectivity index (χ1v) is 7.02. The number of hydrogen-bond acceptors (Lipinski definition) is 2. The maximum Gasteiger partial charge on any atom is 0.200 e. The molecule has 0 saturated heterocycles. The van der Waals surface area contributed by atoms with Gasteiger partial charge in [0, 0.05) is 5.69 Å². The van der Waals surface area contributed by atoms with Gasteiger partial charge in [0.1, 0.15) is 0 Å². The third-order valence-electron chi connectivity index (χ3n) is 2.87. The Kier molecular flexibility index (Phi) is 3.61. The van der Waals surface area contributed by atoms with E-state index in [0.29, 0.717) is 26.2 Å². The first kappa shape index (κ1) is 13.4. The first-order chi connectivity index (χ1) is 9.68. The molecule has 0 unspecified atom stereocenters. The number of halogens is 2. The Morgan fingerprint density at radius 1 is 0.950 bits per heavy atom. The lowest BCUT2D eigenvalue weighted by molar-refractivity contribution is 1.04. The monoisotopic (exact) mass is 321 g/mol. The number of H-pyrrole nitrogens is 1. The summed E-state index contributed by atoms with van der Waals surface area (Å²) in [7, 11) is 0. The summed E-state index contributed by atoms with van der Waals surface area (Å²) < 4.78 is 2.30. The predicted molar refractivity (Wildman–Crippen MR) is 84.2 cm³/mol. The fourth-order valence-electron chi connectivity index (χ4n) is 1.99. The number of nitrogens with one attached hydrogen (secondary N) is 1. The van der Waals surface area contributed by atoms with E-state index in [1.165, 1.54) is 0 Å². The fraction of sp³-hybridized carbons (Fsp3) is 0. The largest absolute Gasteiger partial charge is 0.268 e. The van der Waals surface area contributed by atoms with E-state index in [1.807, 2.05) is 34.9 Å². The number of aromatic amines is 1. The van der Waals surface area contributed by atoms with Crippen molar-refractivity contribution in [3.8, 4) is 17.1 Å². The Bertz CT molecular complexity index is 789. The quantitative estimate of drug-likeness (QED) is 0.681. The van der Waals surface area contributed by atoms with Crippen LogP contribution in [0.15, 0.2) is 48.5 Å². The Labute approximate surface area is 130 Å². The van der Waals surface area contributed by atoms with Crippen molar-refractivity contribution in [2.24, 2.45) is 0 Å². The highest BCUT2D eigenvalue weighted by Crippen LogP contribution is 2.34. The van der Waals surface area contributed by atoms with Gasteiger partial charge in [-0.2, -0.15) is 5.10 Å². The van der Waals surface area contributed by atoms with Gasteiger partial charge < -0.3 is 0 Å². The molecule has 0 spiro atoms. The zero-order chi connectivity index (χ0) is 14.1. The van der Waals surface area contributed by atoms with Crippen LogP contribution in [-0.2, 0) is 0 Å². The molecule has 6 heteroatoms. The Hall–Kier alpha value is -1.62. The molecule has 3 aromatic rings. The maximum atomic E-state index is 6.25. The minimum atomic E-state index is 0.488. The highest BCUT2D eigenvalue weighted by Gasteiger charge is 2.16. The zero-order valence-electron chi connectivity index (χ0n) is 10.2. The minimum Gasteiger partial charge on any atom is -0.268 e. The van der Waals surface area contributed by atoms with E-state index >= 15 is 0 Å². The molecule has 20 heavy (non-hydrogen) atoms. The summed E-state index contributed by atoms with van der Waals surface area (Å²) in [6.45, 7) is 0. The number of benzene rings is 2. The predicted octanol–water partition coefficient (Wildman–Crippen LogP) is 4.90. The normalized spacial score (nSPS) is 10.7. The van der Waals surface area contributed by atoms with Crippen LogP contribution in [0.2, 0.25) is 10.0 Å². The Morgan fingerprint density at radius 3 is 2.25 bits per heavy atom. The van der Waals surface area contributed by atoms with Gasteiger partial charge in [0.15, 0.2) is 10.6 Å². The second-order valence-corrected chi connectivity index (χ2v) is 5.32. The topological polar surface area (TPSA) is 33.6 Å². The lowest BCUT2D eigenvalue weighted by Crippen LogP contribution is -1.98. The molecule has 0 aliphatic carbocycles. The van der Waals surface area contributed by atoms with Crippen molar-refractivity contribution in [3.05, 3.63) is 63.3 Å². The van der Waals surface area contributed by atoms with Crippen molar-refractivity contribution >= 4 is 35.4 Å². The standard InChI is InChI=1S/C14H9Cl2N3S/c15-10-7-4-8-11(16)12(10)13-17-18-14(20)19(13)9-5-2-1-3-6-9/h1-8H,(H,18,20). The van der Waals surface area contributed by atoms with E-state index in [4.69, 9.17) is 35.4 Å². The van der Waals surface area contributed by atoms with Crippen molar-refractivity contribution in [3.63, 3.8) is 0 Å². The first-order valence-electron chi connectivity index (χ1n) is 5.85. The van der Waals surface area contributed by atoms with Crippen LogP contribution < -0.4 is 0 Å². The van der Waals surface area contributed by atoms with Crippen LogP contribution in [-0.4, -0.2) is 14.8 Å². The summed E-state index contributed by atoms with van der Waals surface area (Å²) >= 11 is 17.8. The summed E-state index contributed by atoms with van der Waals surface area (Å²) in [4.78, 5) is 0. The van der Waals surface area contributed by atoms with E-state index in [-0.39, 0.29) is 0 Å². The summed E-state index contributed by atoms with van der Waals surface area (Å²) in [5.74, 6) is 0.594. The number of aromatic nitrogens is 3. The van der Waals surface area contributed by atoms with E-state index in [2.05, 4.69) is 10.2 Å². The van der Waals surface area contributed by atoms with Crippen molar-refractivity contribution in [2.45, 2.75) is 0 Å². The van der Waals surface area contributed by atoms with E-state index in [0.717, 1.165) is 5.69 Å². The Balaban J connectivity index is 2.30. The molecule has 0 amide bonds. The van der Waals surface area contributed by atoms with Crippen LogP contribution in [0.25, 0.3) is 17.1 Å². The molecule has 3 rings (SSSR count). The van der Waals surface area contributed by atoms with Crippen molar-refractivity contribution in [2.75, 3.05) is 0 Å². The van der Waals surface area contributed by atoms with Gasteiger partial charge in [0.05, 0.1) is 15.6 Å². The number of hydrogen-bond donors (Lipinski definition) is 1. The van der Waals surface area contributed by atoms with E-state index in [9.17, 15) is 0 Å². The summed E-state index contributed by atoms with van der Waals surface area (Å²) in [6.07, 6.45) is 0. The minimum absolute atomic E-state index is 0.488. The molecular weight excluding hydrogens is 313 g/mol. The molecule has 0 fully saturated rings. The Morgan fingerprint density at radius 2 is 1.60 bits per heavy atom. The molecule has 1 N–H and O–H groups in total. The van der Waals surface area contributed by atoms with Gasteiger partial charge in [0.25, 0.3) is 0 Å². The molecule has 0 saturated carbocycles. The molecule has 1 aromatic heterocycles. The summed E-state index contributed by atoms with van der Waals surface area (Å²) in [5.41, 5.74) is 1.56. The second kappa shape index (κ2) is 5.40. The lowest BCUT2D eigenvalue weighted by Gasteiger charge is -2.09. The highest BCUT2D eigenvalue weighted by molar-refractivity contribution is 7.71. The lowest BCUT2D eigenvalue weighted by atomic mass is 10.2. The van der Waals surface area contributed by atoms with E-state index < -0.39 is 0 Å². The van der Waals surface area contributed by atoms with Crippen molar-refractivity contribution < 1.29 is 0 Å². The molecule has 0 radical (unpaired) electrons. The average Bonchev–Trinajstić information content (AvgIpc) is 2.81. The number of para-hydroxylation sites is 1. The van der Waals surface area contributed by atoms with Gasteiger partial charge in [-0.3, -0.25) is 9.67 Å². The van der Waals surface area contributed by atoms with Crippen LogP contribution in [0.4, 0.5) is 0 Å². The van der Waals surface area contributed by atoms with Crippen LogP contribution in [0.5, 0.6) is 0 Å². The molecular formula is C14H9Cl2N3S. The second-order valence-electron chi connectivity index (χ2n) is 4.12. The fourth-order valence-corrected chi connectivity index (χ4v) is 2.80. The summed E-state index contributed by atoms with van der Waals surface area (Å²) in [5, 5.41) is 8.11. The molecule has 2 aromatic carbocycles. The van der Waals surface area contributed by atoms with Gasteiger partial charge in [0.2, 0.25) is 0 Å². The van der Waals surface area contributed by atoms with Crippen LogP contribution in [0.3, 0.4) is 0 Å². The van der Waals surface area contributed by atoms with Crippen LogP contribution >= 0.6 is 35.4 Å². The van der Waals surface area contributed by atoms with Crippen molar-refractivity contribution in [1.29, 1.82) is 0 Å². The zero-order valence-corrected chi connectivity index (χ0v) is 12.5. The van der Waals surface area contributed by atoms with Gasteiger partial charge in [-0.05, 0) is 36.5 Å². The van der Waals surface area contributed by atoms with Crippen LogP contribution in [0, 0.1) is 4.77 Å². The third-order valence-corrected chi connectivity index (χ3v) is 3.78. The average molecular weight is 322 g/mol. The van der Waals surface area contributed by atoms with Crippen LogP contribution in [0.1, 0.15) is 0 Å².